The number of amides is 1. The molecule has 1 aliphatic rings. The molecule has 41 heavy (non-hydrogen) atoms. The lowest BCUT2D eigenvalue weighted by atomic mass is 9.72. The average molecular weight is 626 g/mol. The van der Waals surface area contributed by atoms with E-state index in [1.165, 1.54) is 4.88 Å². The van der Waals surface area contributed by atoms with E-state index in [9.17, 15) is 4.79 Å². The highest BCUT2D eigenvalue weighted by Crippen LogP contribution is 2.45. The Morgan fingerprint density at radius 2 is 1.83 bits per heavy atom. The fraction of sp³-hybridized carbons (Fsp3) is 0.273. The molecule has 8 heteroatoms. The van der Waals surface area contributed by atoms with Gasteiger partial charge in [0.15, 0.2) is 0 Å². The highest BCUT2D eigenvalue weighted by atomic mass is 35.5. The largest absolute Gasteiger partial charge is 0.488 e. The van der Waals surface area contributed by atoms with Crippen molar-refractivity contribution in [2.75, 3.05) is 5.32 Å². The van der Waals surface area contributed by atoms with Crippen LogP contribution in [0.2, 0.25) is 15.1 Å². The van der Waals surface area contributed by atoms with Crippen LogP contribution in [0.4, 0.5) is 10.7 Å². The number of para-hydroxylation sites is 1. The number of ether oxygens (including phenoxy) is 1. The molecule has 0 saturated heterocycles. The summed E-state index contributed by atoms with van der Waals surface area (Å²) in [6.07, 6.45) is 4.58. The Kier molecular flexibility index (Phi) is 9.10. The first kappa shape index (κ1) is 29.7. The number of aliphatic imine (C=N–C) groups is 1. The number of nitrogens with one attached hydrogen (secondary N) is 1. The molecule has 3 aromatic carbocycles. The number of benzene rings is 3. The molecule has 0 radical (unpaired) electrons. The second-order valence-corrected chi connectivity index (χ2v) is 13.6. The fourth-order valence-electron chi connectivity index (χ4n) is 5.02. The summed E-state index contributed by atoms with van der Waals surface area (Å²) in [6.45, 7) is 7.16. The Morgan fingerprint density at radius 3 is 2.56 bits per heavy atom. The zero-order valence-electron chi connectivity index (χ0n) is 23.1. The number of thiophene rings is 1. The summed E-state index contributed by atoms with van der Waals surface area (Å²) in [5, 5.41) is 5.29. The molecule has 0 spiro atoms. The Balaban J connectivity index is 1.46. The van der Waals surface area contributed by atoms with Gasteiger partial charge in [0, 0.05) is 27.4 Å². The lowest BCUT2D eigenvalue weighted by molar-refractivity contribution is 0.102. The molecule has 1 aliphatic carbocycles. The van der Waals surface area contributed by atoms with Gasteiger partial charge in [0.25, 0.3) is 5.91 Å². The van der Waals surface area contributed by atoms with Gasteiger partial charge in [-0.3, -0.25) is 4.79 Å². The summed E-state index contributed by atoms with van der Waals surface area (Å²) in [5.41, 5.74) is 4.31. The van der Waals surface area contributed by atoms with Gasteiger partial charge in [0.1, 0.15) is 17.4 Å². The zero-order chi connectivity index (χ0) is 29.1. The van der Waals surface area contributed by atoms with Crippen molar-refractivity contribution >= 4 is 68.9 Å². The van der Waals surface area contributed by atoms with Crippen molar-refractivity contribution in [1.82, 2.24) is 0 Å². The van der Waals surface area contributed by atoms with Crippen LogP contribution in [0.15, 0.2) is 71.7 Å². The summed E-state index contributed by atoms with van der Waals surface area (Å²) in [6, 6.07) is 20.3. The van der Waals surface area contributed by atoms with Crippen molar-refractivity contribution in [3.63, 3.8) is 0 Å². The first-order chi connectivity index (χ1) is 19.6. The van der Waals surface area contributed by atoms with Gasteiger partial charge >= 0.3 is 0 Å². The van der Waals surface area contributed by atoms with Gasteiger partial charge < -0.3 is 10.1 Å². The maximum Gasteiger partial charge on any atom is 0.259 e. The maximum absolute atomic E-state index is 13.6. The third-order valence-electron chi connectivity index (χ3n) is 7.40. The van der Waals surface area contributed by atoms with E-state index < -0.39 is 0 Å². The van der Waals surface area contributed by atoms with Crippen LogP contribution in [-0.4, -0.2) is 12.1 Å². The lowest BCUT2D eigenvalue weighted by Crippen LogP contribution is -2.27. The van der Waals surface area contributed by atoms with Crippen molar-refractivity contribution in [3.05, 3.63) is 109 Å². The van der Waals surface area contributed by atoms with Crippen molar-refractivity contribution in [2.24, 2.45) is 16.3 Å². The van der Waals surface area contributed by atoms with Crippen molar-refractivity contribution in [2.45, 2.75) is 46.6 Å². The van der Waals surface area contributed by atoms with Crippen LogP contribution in [0.3, 0.4) is 0 Å². The van der Waals surface area contributed by atoms with Gasteiger partial charge in [0.05, 0.1) is 15.6 Å². The number of hydrogen-bond acceptors (Lipinski definition) is 4. The first-order valence-corrected chi connectivity index (χ1v) is 15.4. The van der Waals surface area contributed by atoms with Crippen LogP contribution in [0.1, 0.15) is 59.1 Å². The second kappa shape index (κ2) is 12.6. The number of fused-ring (bicyclic) bond motifs is 1. The van der Waals surface area contributed by atoms with E-state index in [4.69, 9.17) is 44.5 Å². The molecule has 1 N–H and O–H groups in total. The molecule has 0 bridgehead atoms. The molecular formula is C33H31Cl3N2O2S. The monoisotopic (exact) mass is 624 g/mol. The van der Waals surface area contributed by atoms with E-state index in [0.29, 0.717) is 49.5 Å². The lowest BCUT2D eigenvalue weighted by Gasteiger charge is -2.33. The third kappa shape index (κ3) is 7.15. The molecule has 1 atom stereocenters. The van der Waals surface area contributed by atoms with Crippen molar-refractivity contribution < 1.29 is 9.53 Å². The Morgan fingerprint density at radius 1 is 1.05 bits per heavy atom. The Labute approximate surface area is 260 Å². The van der Waals surface area contributed by atoms with Gasteiger partial charge in [-0.25, -0.2) is 4.99 Å². The van der Waals surface area contributed by atoms with Gasteiger partial charge in [-0.05, 0) is 84.2 Å². The first-order valence-electron chi connectivity index (χ1n) is 13.5. The minimum atomic E-state index is -0.141. The fourth-order valence-corrected chi connectivity index (χ4v) is 6.79. The topological polar surface area (TPSA) is 50.7 Å². The van der Waals surface area contributed by atoms with Crippen molar-refractivity contribution in [1.29, 1.82) is 0 Å². The van der Waals surface area contributed by atoms with Gasteiger partial charge in [-0.2, -0.15) is 0 Å². The number of carbonyl (C=O) groups is 1. The number of nitrogens with zero attached hydrogens (tertiary/aromatic N) is 1. The number of halogens is 3. The predicted molar refractivity (Wildman–Crippen MR) is 173 cm³/mol. The van der Waals surface area contributed by atoms with E-state index in [1.54, 1.807) is 35.8 Å². The number of rotatable bonds is 7. The summed E-state index contributed by atoms with van der Waals surface area (Å²) in [5.74, 6) is 1.02. The van der Waals surface area contributed by atoms with E-state index in [-0.39, 0.29) is 11.3 Å². The number of anilines is 1. The second-order valence-electron chi connectivity index (χ2n) is 11.3. The third-order valence-corrected chi connectivity index (χ3v) is 9.54. The molecule has 212 valence electrons. The zero-order valence-corrected chi connectivity index (χ0v) is 26.2. The number of hydrogen-bond donors (Lipinski definition) is 1. The van der Waals surface area contributed by atoms with Gasteiger partial charge in [0.2, 0.25) is 0 Å². The van der Waals surface area contributed by atoms with E-state index in [0.717, 1.165) is 36.1 Å². The normalized spacial score (nSPS) is 15.1. The minimum Gasteiger partial charge on any atom is -0.488 e. The summed E-state index contributed by atoms with van der Waals surface area (Å²) in [7, 11) is 0. The standard InChI is InChI=1S/C33H31Cl3N2O2S/c1-33(2,3)22-10-12-25-29(17-22)41-32(30(25)31(39)38-24-7-5-4-6-8-24)37-18-21-16-23(34)11-14-28(21)40-19-20-9-13-26(35)27(36)15-20/h4-9,11,13-16,18,22H,10,12,17,19H2,1-3H3,(H,38,39)/t22-/m1/s1. The molecule has 4 aromatic rings. The number of carbonyl (C=O) groups excluding carboxylic acids is 1. The van der Waals surface area contributed by atoms with Crippen molar-refractivity contribution in [3.8, 4) is 5.75 Å². The van der Waals surface area contributed by atoms with Crippen LogP contribution in [-0.2, 0) is 19.4 Å². The maximum atomic E-state index is 13.6. The average Bonchev–Trinajstić information content (AvgIpc) is 3.31. The SMILES string of the molecule is CC(C)(C)[C@@H]1CCc2c(sc(N=Cc3cc(Cl)ccc3OCc3ccc(Cl)c(Cl)c3)c2C(=O)Nc2ccccc2)C1. The molecule has 5 rings (SSSR count). The predicted octanol–water partition coefficient (Wildman–Crippen LogP) is 10.4. The van der Waals surface area contributed by atoms with Crippen LogP contribution in [0, 0.1) is 11.3 Å². The summed E-state index contributed by atoms with van der Waals surface area (Å²) in [4.78, 5) is 19.8. The quantitative estimate of drug-likeness (QED) is 0.208. The van der Waals surface area contributed by atoms with Crippen LogP contribution < -0.4 is 10.1 Å². The molecular weight excluding hydrogens is 595 g/mol. The summed E-state index contributed by atoms with van der Waals surface area (Å²) < 4.78 is 6.12. The molecule has 0 aliphatic heterocycles. The van der Waals surface area contributed by atoms with Gasteiger partial charge in [-0.15, -0.1) is 11.3 Å². The smallest absolute Gasteiger partial charge is 0.259 e. The molecule has 0 unspecified atom stereocenters. The van der Waals surface area contributed by atoms with E-state index in [2.05, 4.69) is 26.1 Å². The minimum absolute atomic E-state index is 0.141. The van der Waals surface area contributed by atoms with Crippen LogP contribution in [0.25, 0.3) is 0 Å². The van der Waals surface area contributed by atoms with Gasteiger partial charge in [-0.1, -0.05) is 79.8 Å². The highest BCUT2D eigenvalue weighted by Gasteiger charge is 2.33. The Bertz CT molecular complexity index is 1590. The van der Waals surface area contributed by atoms with Crippen LogP contribution >= 0.6 is 46.1 Å². The molecule has 0 saturated carbocycles. The molecule has 1 aromatic heterocycles. The molecule has 4 nitrogen and oxygen atoms in total. The highest BCUT2D eigenvalue weighted by molar-refractivity contribution is 7.16. The molecule has 0 fully saturated rings. The van der Waals surface area contributed by atoms with E-state index >= 15 is 0 Å². The van der Waals surface area contributed by atoms with Crippen LogP contribution in [0.5, 0.6) is 5.75 Å². The Hall–Kier alpha value is -2.83. The molecule has 1 heterocycles. The molecule has 1 amide bonds. The van der Waals surface area contributed by atoms with E-state index in [1.807, 2.05) is 48.5 Å². The summed E-state index contributed by atoms with van der Waals surface area (Å²) >= 11 is 20.2.